The second kappa shape index (κ2) is 6.91. The van der Waals surface area contributed by atoms with Crippen LogP contribution in [0, 0.1) is 0 Å². The molecule has 28 heavy (non-hydrogen) atoms. The topological polar surface area (TPSA) is 87.5 Å². The molecule has 1 saturated heterocycles. The lowest BCUT2D eigenvalue weighted by Crippen LogP contribution is -2.56. The van der Waals surface area contributed by atoms with Crippen molar-refractivity contribution in [1.82, 2.24) is 19.8 Å². The first kappa shape index (κ1) is 18.4. The van der Waals surface area contributed by atoms with Gasteiger partial charge in [-0.3, -0.25) is 14.6 Å². The number of piperazine rings is 1. The van der Waals surface area contributed by atoms with E-state index in [1.165, 1.54) is 6.07 Å². The highest BCUT2D eigenvalue weighted by molar-refractivity contribution is 6.08. The van der Waals surface area contributed by atoms with Gasteiger partial charge in [-0.1, -0.05) is 0 Å². The third-order valence-electron chi connectivity index (χ3n) is 5.32. The van der Waals surface area contributed by atoms with Crippen LogP contribution in [0.2, 0.25) is 0 Å². The summed E-state index contributed by atoms with van der Waals surface area (Å²) in [5, 5.41) is 14.8. The lowest BCUT2D eigenvalue weighted by atomic mass is 10.0. The zero-order valence-corrected chi connectivity index (χ0v) is 16.3. The Kier molecular flexibility index (Phi) is 4.55. The maximum atomic E-state index is 13.2. The number of amides is 1. The number of hydrogen-bond acceptors (Lipinski definition) is 5. The van der Waals surface area contributed by atoms with Crippen molar-refractivity contribution < 1.29 is 9.90 Å². The number of hydrogen-bond donors (Lipinski definition) is 2. The summed E-state index contributed by atoms with van der Waals surface area (Å²) >= 11 is 0. The average molecular weight is 380 g/mol. The summed E-state index contributed by atoms with van der Waals surface area (Å²) in [5.41, 5.74) is 0.912. The second-order valence-corrected chi connectivity index (χ2v) is 7.53. The number of nitrogens with zero attached hydrogens (tertiary/aromatic N) is 3. The van der Waals surface area contributed by atoms with E-state index in [4.69, 9.17) is 0 Å². The van der Waals surface area contributed by atoms with Gasteiger partial charge in [0.05, 0.1) is 10.9 Å². The van der Waals surface area contributed by atoms with Crippen LogP contribution in [-0.2, 0) is 6.54 Å². The number of nitrogens with one attached hydrogen (secondary N) is 1. The molecule has 4 rings (SSSR count). The van der Waals surface area contributed by atoms with E-state index in [1.807, 2.05) is 31.4 Å². The second-order valence-electron chi connectivity index (χ2n) is 7.53. The Hall–Kier alpha value is -2.93. The van der Waals surface area contributed by atoms with E-state index in [-0.39, 0.29) is 34.7 Å². The van der Waals surface area contributed by atoms with Crippen LogP contribution in [0.15, 0.2) is 35.4 Å². The number of fused-ring (bicyclic) bond motifs is 3. The first-order valence-electron chi connectivity index (χ1n) is 9.59. The van der Waals surface area contributed by atoms with Gasteiger partial charge in [-0.15, -0.1) is 0 Å². The molecule has 7 nitrogen and oxygen atoms in total. The number of rotatable bonds is 2. The van der Waals surface area contributed by atoms with Crippen molar-refractivity contribution in [3.8, 4) is 5.75 Å². The Bertz CT molecular complexity index is 1130. The summed E-state index contributed by atoms with van der Waals surface area (Å²) in [5.74, 6) is -0.322. The Morgan fingerprint density at radius 1 is 1.29 bits per heavy atom. The highest BCUT2D eigenvalue weighted by atomic mass is 16.3. The fraction of sp³-hybridized carbons (Fsp3) is 0.381. The third-order valence-corrected chi connectivity index (χ3v) is 5.32. The monoisotopic (exact) mass is 380 g/mol. The lowest BCUT2D eigenvalue weighted by molar-refractivity contribution is 0.0672. The number of aryl methyl sites for hydroxylation is 1. The van der Waals surface area contributed by atoms with Crippen LogP contribution in [0.3, 0.4) is 0 Å². The number of pyridine rings is 2. The molecule has 1 aliphatic heterocycles. The number of benzene rings is 1. The van der Waals surface area contributed by atoms with Crippen molar-refractivity contribution >= 4 is 27.7 Å². The molecule has 1 aliphatic rings. The molecule has 2 aromatic heterocycles. The van der Waals surface area contributed by atoms with Gasteiger partial charge in [-0.25, -0.2) is 0 Å². The van der Waals surface area contributed by atoms with Crippen molar-refractivity contribution in [3.05, 3.63) is 46.4 Å². The number of carbonyl (C=O) groups is 1. The molecule has 1 fully saturated rings. The highest BCUT2D eigenvalue weighted by Crippen LogP contribution is 2.30. The van der Waals surface area contributed by atoms with E-state index in [0.717, 1.165) is 0 Å². The van der Waals surface area contributed by atoms with Gasteiger partial charge in [0.25, 0.3) is 5.91 Å². The van der Waals surface area contributed by atoms with Gasteiger partial charge in [0.15, 0.2) is 0 Å². The maximum absolute atomic E-state index is 13.2. The molecule has 0 bridgehead atoms. The van der Waals surface area contributed by atoms with Gasteiger partial charge < -0.3 is 19.9 Å². The predicted molar refractivity (Wildman–Crippen MR) is 109 cm³/mol. The molecule has 3 aromatic rings. The Morgan fingerprint density at radius 2 is 2.00 bits per heavy atom. The van der Waals surface area contributed by atoms with E-state index < -0.39 is 0 Å². The summed E-state index contributed by atoms with van der Waals surface area (Å²) < 4.78 is 1.89. The summed E-state index contributed by atoms with van der Waals surface area (Å²) in [6, 6.07) is 5.37. The predicted octanol–water partition coefficient (Wildman–Crippen LogP) is 2.10. The minimum absolute atomic E-state index is 0.0585. The molecular weight excluding hydrogens is 356 g/mol. The van der Waals surface area contributed by atoms with E-state index in [9.17, 15) is 14.7 Å². The summed E-state index contributed by atoms with van der Waals surface area (Å²) in [6.07, 6.45) is 3.25. The van der Waals surface area contributed by atoms with Crippen molar-refractivity contribution in [2.45, 2.75) is 39.4 Å². The summed E-state index contributed by atoms with van der Waals surface area (Å²) in [4.78, 5) is 32.4. The molecule has 0 radical (unpaired) electrons. The highest BCUT2D eigenvalue weighted by Gasteiger charge is 2.28. The Balaban J connectivity index is 1.94. The molecule has 0 saturated carbocycles. The maximum Gasteiger partial charge on any atom is 0.259 e. The van der Waals surface area contributed by atoms with Crippen LogP contribution in [-0.4, -0.2) is 50.6 Å². The van der Waals surface area contributed by atoms with Gasteiger partial charge in [0.1, 0.15) is 16.8 Å². The summed E-state index contributed by atoms with van der Waals surface area (Å²) in [6.45, 7) is 7.71. The first-order valence-corrected chi connectivity index (χ1v) is 9.59. The van der Waals surface area contributed by atoms with Crippen LogP contribution in [0.1, 0.15) is 31.1 Å². The molecule has 7 heteroatoms. The van der Waals surface area contributed by atoms with Crippen molar-refractivity contribution in [3.63, 3.8) is 0 Å². The molecule has 1 aromatic carbocycles. The smallest absolute Gasteiger partial charge is 0.259 e. The number of phenols is 1. The number of carbonyl (C=O) groups excluding carboxylic acids is 1. The molecule has 3 heterocycles. The molecule has 146 valence electrons. The van der Waals surface area contributed by atoms with Crippen molar-refractivity contribution in [2.24, 2.45) is 0 Å². The van der Waals surface area contributed by atoms with Crippen LogP contribution in [0.5, 0.6) is 5.75 Å². The molecule has 1 amide bonds. The van der Waals surface area contributed by atoms with Gasteiger partial charge in [-0.05, 0) is 39.0 Å². The zero-order valence-electron chi connectivity index (χ0n) is 16.3. The van der Waals surface area contributed by atoms with Crippen molar-refractivity contribution in [1.29, 1.82) is 0 Å². The normalized spacial score (nSPS) is 20.0. The number of aromatic hydroxyl groups is 1. The number of phenolic OH excluding ortho intramolecular Hbond substituents is 1. The van der Waals surface area contributed by atoms with E-state index >= 15 is 0 Å². The minimum Gasteiger partial charge on any atom is -0.506 e. The first-order chi connectivity index (χ1) is 13.4. The molecule has 2 atom stereocenters. The quantitative estimate of drug-likeness (QED) is 0.665. The fourth-order valence-electron chi connectivity index (χ4n) is 4.19. The van der Waals surface area contributed by atoms with Gasteiger partial charge in [-0.2, -0.15) is 0 Å². The fourth-order valence-corrected chi connectivity index (χ4v) is 4.19. The summed E-state index contributed by atoms with van der Waals surface area (Å²) in [7, 11) is 0. The lowest BCUT2D eigenvalue weighted by Gasteiger charge is -2.36. The van der Waals surface area contributed by atoms with E-state index in [2.05, 4.69) is 10.3 Å². The van der Waals surface area contributed by atoms with Gasteiger partial charge >= 0.3 is 0 Å². The van der Waals surface area contributed by atoms with E-state index in [0.29, 0.717) is 41.4 Å². The van der Waals surface area contributed by atoms with Gasteiger partial charge in [0, 0.05) is 49.5 Å². The average Bonchev–Trinajstić information content (AvgIpc) is 2.68. The van der Waals surface area contributed by atoms with Crippen LogP contribution >= 0.6 is 0 Å². The molecule has 2 N–H and O–H groups in total. The SMILES string of the molecule is CCn1cc(C(=O)N2CC(C)NC(C)C2)c(=O)c2cc(O)c3ncccc3c21. The van der Waals surface area contributed by atoms with Crippen LogP contribution in [0.4, 0.5) is 0 Å². The Labute approximate surface area is 162 Å². The molecular formula is C21H24N4O3. The van der Waals surface area contributed by atoms with Crippen LogP contribution in [0.25, 0.3) is 21.8 Å². The molecule has 2 unspecified atom stereocenters. The zero-order chi connectivity index (χ0) is 20.0. The number of aromatic nitrogens is 2. The van der Waals surface area contributed by atoms with Gasteiger partial charge in [0.2, 0.25) is 5.43 Å². The minimum atomic E-state index is -0.357. The molecule has 0 spiro atoms. The standard InChI is InChI=1S/C21H24N4O3/c1-4-24-11-16(21(28)25-9-12(2)23-13(3)10-25)20(27)15-8-17(26)18-14(19(15)24)6-5-7-22-18/h5-8,11-13,23,26H,4,9-10H2,1-3H3. The third kappa shape index (κ3) is 2.92. The van der Waals surface area contributed by atoms with Crippen LogP contribution < -0.4 is 10.7 Å². The largest absolute Gasteiger partial charge is 0.506 e. The molecule has 0 aliphatic carbocycles. The van der Waals surface area contributed by atoms with Crippen molar-refractivity contribution in [2.75, 3.05) is 13.1 Å². The Morgan fingerprint density at radius 3 is 2.68 bits per heavy atom. The van der Waals surface area contributed by atoms with E-state index in [1.54, 1.807) is 23.4 Å².